The summed E-state index contributed by atoms with van der Waals surface area (Å²) in [5.41, 5.74) is 15.9. The fourth-order valence-corrected chi connectivity index (χ4v) is 8.94. The fraction of sp³-hybridized carbons (Fsp3) is 0.0784. The van der Waals surface area contributed by atoms with E-state index in [4.69, 9.17) is 14.4 Å². The van der Waals surface area contributed by atoms with Crippen molar-refractivity contribution in [3.63, 3.8) is 0 Å². The first-order valence-electron chi connectivity index (χ1n) is 19.3. The third kappa shape index (κ3) is 5.43. The normalized spacial score (nSPS) is 14.0. The lowest BCUT2D eigenvalue weighted by Crippen LogP contribution is -2.17. The predicted molar refractivity (Wildman–Crippen MR) is 227 cm³/mol. The number of nitrogens with zero attached hydrogens (tertiary/aromatic N) is 4. The SMILES string of the molecule is c1ccc(-c2ccccc2-c2ccc3c(c2)c2cc(-c4ccccc4-c4ccccn4)ccc2n3C2CCc3oc4ccc(-c5cccnc5)cc4c3C2)nc1. The summed E-state index contributed by atoms with van der Waals surface area (Å²) in [6, 6.07) is 54.4. The Morgan fingerprint density at radius 2 is 1.09 bits per heavy atom. The molecule has 1 unspecified atom stereocenters. The van der Waals surface area contributed by atoms with E-state index in [1.54, 1.807) is 0 Å². The Bertz CT molecular complexity index is 2920. The van der Waals surface area contributed by atoms with Crippen LogP contribution in [0.3, 0.4) is 0 Å². The Kier molecular flexibility index (Phi) is 7.69. The first-order chi connectivity index (χ1) is 27.8. The number of benzene rings is 5. The minimum Gasteiger partial charge on any atom is -0.461 e. The van der Waals surface area contributed by atoms with Crippen LogP contribution in [0.5, 0.6) is 0 Å². The number of aryl methyl sites for hydroxylation is 1. The van der Waals surface area contributed by atoms with Crippen LogP contribution in [-0.4, -0.2) is 19.5 Å². The van der Waals surface area contributed by atoms with Crippen molar-refractivity contribution in [3.8, 4) is 55.9 Å². The molecule has 0 saturated carbocycles. The molecule has 0 amide bonds. The van der Waals surface area contributed by atoms with Gasteiger partial charge in [-0.05, 0) is 107 Å². The van der Waals surface area contributed by atoms with Crippen molar-refractivity contribution in [2.24, 2.45) is 0 Å². The highest BCUT2D eigenvalue weighted by molar-refractivity contribution is 6.11. The van der Waals surface area contributed by atoms with Crippen LogP contribution in [-0.2, 0) is 12.8 Å². The van der Waals surface area contributed by atoms with E-state index in [2.05, 4.69) is 143 Å². The van der Waals surface area contributed by atoms with Gasteiger partial charge in [0.25, 0.3) is 0 Å². The van der Waals surface area contributed by atoms with Gasteiger partial charge in [-0.15, -0.1) is 0 Å². The third-order valence-electron chi connectivity index (χ3n) is 11.5. The summed E-state index contributed by atoms with van der Waals surface area (Å²) in [4.78, 5) is 13.8. The predicted octanol–water partition coefficient (Wildman–Crippen LogP) is 12.8. The standard InChI is InChI=1S/C51H36N4O/c1-3-13-40(46-15-5-7-26-53-46)38(11-1)34-17-21-48-42(29-34)43-30-35(39-12-2-4-14-41(39)47-16-6-8-27-54-47)18-22-49(43)55(48)37-20-24-51-45(31-37)44-28-33(19-23-50(44)56-51)36-10-9-25-52-32-36/h1-19,21-23,25-30,32,37H,20,24,31H2. The molecule has 0 saturated heterocycles. The van der Waals surface area contributed by atoms with Crippen molar-refractivity contribution >= 4 is 32.8 Å². The summed E-state index contributed by atoms with van der Waals surface area (Å²) in [6.07, 6.45) is 10.3. The molecule has 5 aromatic carbocycles. The monoisotopic (exact) mass is 720 g/mol. The molecule has 0 N–H and O–H groups in total. The van der Waals surface area contributed by atoms with Gasteiger partial charge in [-0.3, -0.25) is 15.0 Å². The third-order valence-corrected chi connectivity index (χ3v) is 11.5. The topological polar surface area (TPSA) is 56.7 Å². The zero-order chi connectivity index (χ0) is 37.0. The number of rotatable bonds is 6. The Hall–Kier alpha value is -7.11. The zero-order valence-corrected chi connectivity index (χ0v) is 30.6. The Labute approximate surface area is 324 Å². The van der Waals surface area contributed by atoms with Crippen LogP contribution in [0.2, 0.25) is 0 Å². The van der Waals surface area contributed by atoms with E-state index >= 15 is 0 Å². The maximum atomic E-state index is 6.51. The second-order valence-electron chi connectivity index (χ2n) is 14.7. The minimum atomic E-state index is 0.253. The molecule has 5 nitrogen and oxygen atoms in total. The summed E-state index contributed by atoms with van der Waals surface area (Å²) in [6.45, 7) is 0. The van der Waals surface area contributed by atoms with Crippen molar-refractivity contribution in [1.82, 2.24) is 19.5 Å². The van der Waals surface area contributed by atoms with Crippen LogP contribution in [0.1, 0.15) is 23.8 Å². The van der Waals surface area contributed by atoms with Crippen LogP contribution in [0.25, 0.3) is 88.7 Å². The van der Waals surface area contributed by atoms with Crippen molar-refractivity contribution < 1.29 is 4.42 Å². The average molecular weight is 721 g/mol. The molecule has 11 rings (SSSR count). The van der Waals surface area contributed by atoms with E-state index < -0.39 is 0 Å². The van der Waals surface area contributed by atoms with Crippen molar-refractivity contribution in [2.75, 3.05) is 0 Å². The van der Waals surface area contributed by atoms with Gasteiger partial charge in [0.15, 0.2) is 0 Å². The molecule has 0 aliphatic heterocycles. The fourth-order valence-electron chi connectivity index (χ4n) is 8.94. The average Bonchev–Trinajstić information content (AvgIpc) is 3.81. The lowest BCUT2D eigenvalue weighted by molar-refractivity contribution is 0.419. The van der Waals surface area contributed by atoms with Gasteiger partial charge in [0.1, 0.15) is 11.3 Å². The van der Waals surface area contributed by atoms with Gasteiger partial charge in [-0.2, -0.15) is 0 Å². The molecular formula is C51H36N4O. The molecular weight excluding hydrogens is 685 g/mol. The largest absolute Gasteiger partial charge is 0.461 e. The van der Waals surface area contributed by atoms with Crippen LogP contribution in [0.4, 0.5) is 0 Å². The molecule has 0 fully saturated rings. The highest BCUT2D eigenvalue weighted by atomic mass is 16.3. The molecule has 266 valence electrons. The van der Waals surface area contributed by atoms with E-state index in [0.29, 0.717) is 0 Å². The number of pyridine rings is 3. The van der Waals surface area contributed by atoms with Crippen LogP contribution in [0.15, 0.2) is 181 Å². The molecule has 1 aliphatic rings. The zero-order valence-electron chi connectivity index (χ0n) is 30.6. The number of furan rings is 1. The lowest BCUT2D eigenvalue weighted by Gasteiger charge is -2.25. The van der Waals surface area contributed by atoms with Crippen LogP contribution < -0.4 is 0 Å². The maximum absolute atomic E-state index is 6.51. The van der Waals surface area contributed by atoms with Gasteiger partial charge in [0.2, 0.25) is 0 Å². The summed E-state index contributed by atoms with van der Waals surface area (Å²) in [7, 11) is 0. The molecule has 5 heterocycles. The molecule has 1 atom stereocenters. The van der Waals surface area contributed by atoms with Gasteiger partial charge in [0.05, 0.1) is 11.4 Å². The number of hydrogen-bond donors (Lipinski definition) is 0. The lowest BCUT2D eigenvalue weighted by atomic mass is 9.90. The Morgan fingerprint density at radius 3 is 1.68 bits per heavy atom. The maximum Gasteiger partial charge on any atom is 0.134 e. The minimum absolute atomic E-state index is 0.253. The van der Waals surface area contributed by atoms with Gasteiger partial charge in [0, 0.05) is 86.7 Å². The number of fused-ring (bicyclic) bond motifs is 6. The molecule has 0 spiro atoms. The van der Waals surface area contributed by atoms with E-state index in [1.807, 2.05) is 43.0 Å². The summed E-state index contributed by atoms with van der Waals surface area (Å²) in [5.74, 6) is 1.11. The summed E-state index contributed by atoms with van der Waals surface area (Å²) in [5, 5.41) is 3.69. The molecule has 0 bridgehead atoms. The van der Waals surface area contributed by atoms with E-state index in [-0.39, 0.29) is 6.04 Å². The first-order valence-corrected chi connectivity index (χ1v) is 19.3. The summed E-state index contributed by atoms with van der Waals surface area (Å²) >= 11 is 0. The van der Waals surface area contributed by atoms with Gasteiger partial charge in [-0.1, -0.05) is 84.9 Å². The molecule has 5 aromatic heterocycles. The van der Waals surface area contributed by atoms with Crippen LogP contribution in [0, 0.1) is 0 Å². The molecule has 10 aromatic rings. The quantitative estimate of drug-likeness (QED) is 0.172. The van der Waals surface area contributed by atoms with Crippen molar-refractivity contribution in [2.45, 2.75) is 25.3 Å². The highest BCUT2D eigenvalue weighted by Crippen LogP contribution is 2.44. The van der Waals surface area contributed by atoms with E-state index in [1.165, 1.54) is 55.0 Å². The smallest absolute Gasteiger partial charge is 0.134 e. The van der Waals surface area contributed by atoms with Crippen LogP contribution >= 0.6 is 0 Å². The second-order valence-corrected chi connectivity index (χ2v) is 14.7. The van der Waals surface area contributed by atoms with Crippen molar-refractivity contribution in [3.05, 3.63) is 188 Å². The summed E-state index contributed by atoms with van der Waals surface area (Å²) < 4.78 is 9.12. The molecule has 0 radical (unpaired) electrons. The van der Waals surface area contributed by atoms with Gasteiger partial charge >= 0.3 is 0 Å². The first kappa shape index (κ1) is 32.3. The van der Waals surface area contributed by atoms with E-state index in [0.717, 1.165) is 64.2 Å². The van der Waals surface area contributed by atoms with Gasteiger partial charge in [-0.25, -0.2) is 0 Å². The Balaban J connectivity index is 1.09. The number of hydrogen-bond acceptors (Lipinski definition) is 4. The second kappa shape index (κ2) is 13.3. The number of aromatic nitrogens is 4. The Morgan fingerprint density at radius 1 is 0.500 bits per heavy atom. The highest BCUT2D eigenvalue weighted by Gasteiger charge is 2.28. The van der Waals surface area contributed by atoms with Crippen molar-refractivity contribution in [1.29, 1.82) is 0 Å². The molecule has 1 aliphatic carbocycles. The van der Waals surface area contributed by atoms with Gasteiger partial charge < -0.3 is 8.98 Å². The molecule has 5 heteroatoms. The molecule has 56 heavy (non-hydrogen) atoms. The van der Waals surface area contributed by atoms with E-state index in [9.17, 15) is 0 Å².